The van der Waals surface area contributed by atoms with Crippen LogP contribution in [0.25, 0.3) is 0 Å². The van der Waals surface area contributed by atoms with Gasteiger partial charge in [0.05, 0.1) is 6.04 Å². The molecule has 0 bridgehead atoms. The number of benzene rings is 2. The largest absolute Gasteiger partial charge is 0.351 e. The van der Waals surface area contributed by atoms with Crippen LogP contribution in [0, 0.1) is 5.82 Å². The van der Waals surface area contributed by atoms with Crippen LogP contribution < -0.4 is 10.0 Å². The SMILES string of the molecule is C[C@H](NS(=O)(=O)c1ccccc1F)C(=O)NCc1cccc(CN2CCCCCC2)c1. The molecular formula is C23H30FN3O3S. The number of halogens is 1. The molecule has 1 amide bonds. The van der Waals surface area contributed by atoms with Crippen LogP contribution in [0.4, 0.5) is 4.39 Å². The summed E-state index contributed by atoms with van der Waals surface area (Å²) in [6.45, 7) is 4.84. The minimum Gasteiger partial charge on any atom is -0.351 e. The topological polar surface area (TPSA) is 78.5 Å². The van der Waals surface area contributed by atoms with Gasteiger partial charge in [-0.1, -0.05) is 49.2 Å². The Morgan fingerprint density at radius 3 is 2.42 bits per heavy atom. The molecule has 1 atom stereocenters. The molecular weight excluding hydrogens is 417 g/mol. The van der Waals surface area contributed by atoms with Crippen LogP contribution in [0.1, 0.15) is 43.7 Å². The predicted molar refractivity (Wildman–Crippen MR) is 118 cm³/mol. The first kappa shape index (κ1) is 23.4. The number of nitrogens with one attached hydrogen (secondary N) is 2. The first-order chi connectivity index (χ1) is 14.8. The number of hydrogen-bond acceptors (Lipinski definition) is 4. The number of nitrogens with zero attached hydrogens (tertiary/aromatic N) is 1. The van der Waals surface area contributed by atoms with Crippen LogP contribution in [0.5, 0.6) is 0 Å². The number of amides is 1. The van der Waals surface area contributed by atoms with Crippen LogP contribution >= 0.6 is 0 Å². The molecule has 8 heteroatoms. The van der Waals surface area contributed by atoms with Gasteiger partial charge in [-0.25, -0.2) is 12.8 Å². The van der Waals surface area contributed by atoms with Crippen molar-refractivity contribution in [1.29, 1.82) is 0 Å². The molecule has 1 aliphatic rings. The Morgan fingerprint density at radius 2 is 1.71 bits per heavy atom. The Labute approximate surface area is 183 Å². The van der Waals surface area contributed by atoms with Crippen LogP contribution in [0.15, 0.2) is 53.4 Å². The normalized spacial score (nSPS) is 16.5. The zero-order valence-electron chi connectivity index (χ0n) is 17.8. The van der Waals surface area contributed by atoms with E-state index in [1.807, 2.05) is 12.1 Å². The summed E-state index contributed by atoms with van der Waals surface area (Å²) in [7, 11) is -4.14. The minimum absolute atomic E-state index is 0.290. The number of likely N-dealkylation sites (tertiary alicyclic amines) is 1. The number of hydrogen-bond donors (Lipinski definition) is 2. The van der Waals surface area contributed by atoms with E-state index in [9.17, 15) is 17.6 Å². The van der Waals surface area contributed by atoms with Gasteiger partial charge in [0.2, 0.25) is 15.9 Å². The molecule has 1 aliphatic heterocycles. The van der Waals surface area contributed by atoms with E-state index < -0.39 is 32.7 Å². The molecule has 168 valence electrons. The lowest BCUT2D eigenvalue weighted by Crippen LogP contribution is -2.44. The van der Waals surface area contributed by atoms with Crippen molar-refractivity contribution in [2.45, 2.75) is 56.6 Å². The van der Waals surface area contributed by atoms with Gasteiger partial charge in [0.25, 0.3) is 0 Å². The fourth-order valence-electron chi connectivity index (χ4n) is 3.75. The standard InChI is InChI=1S/C23H30FN3O3S/c1-18(26-31(29,30)22-12-5-4-11-21(22)24)23(28)25-16-19-9-8-10-20(15-19)17-27-13-6-2-3-7-14-27/h4-5,8-12,15,18,26H,2-3,6-7,13-14,16-17H2,1H3,(H,25,28)/t18-/m0/s1. The first-order valence-electron chi connectivity index (χ1n) is 10.7. The maximum atomic E-state index is 13.8. The van der Waals surface area contributed by atoms with Crippen molar-refractivity contribution in [1.82, 2.24) is 14.9 Å². The van der Waals surface area contributed by atoms with Gasteiger partial charge in [-0.3, -0.25) is 9.69 Å². The number of rotatable bonds is 8. The van der Waals surface area contributed by atoms with Gasteiger partial charge >= 0.3 is 0 Å². The highest BCUT2D eigenvalue weighted by Gasteiger charge is 2.24. The lowest BCUT2D eigenvalue weighted by atomic mass is 10.1. The summed E-state index contributed by atoms with van der Waals surface area (Å²) in [4.78, 5) is 14.4. The zero-order valence-corrected chi connectivity index (χ0v) is 18.6. The third kappa shape index (κ3) is 6.85. The summed E-state index contributed by atoms with van der Waals surface area (Å²) in [6.07, 6.45) is 5.05. The molecule has 2 aromatic rings. The average molecular weight is 448 g/mol. The van der Waals surface area contributed by atoms with Gasteiger partial charge < -0.3 is 5.32 Å². The molecule has 1 saturated heterocycles. The molecule has 0 spiro atoms. The van der Waals surface area contributed by atoms with Crippen molar-refractivity contribution in [2.75, 3.05) is 13.1 Å². The molecule has 0 aliphatic carbocycles. The van der Waals surface area contributed by atoms with Crippen molar-refractivity contribution in [2.24, 2.45) is 0 Å². The highest BCUT2D eigenvalue weighted by atomic mass is 32.2. The second-order valence-electron chi connectivity index (χ2n) is 8.00. The smallest absolute Gasteiger partial charge is 0.244 e. The molecule has 0 saturated carbocycles. The highest BCUT2D eigenvalue weighted by molar-refractivity contribution is 7.89. The number of carbonyl (C=O) groups excluding carboxylic acids is 1. The predicted octanol–water partition coefficient (Wildman–Crippen LogP) is 3.18. The second-order valence-corrected chi connectivity index (χ2v) is 9.68. The van der Waals surface area contributed by atoms with Gasteiger partial charge in [0.15, 0.2) is 0 Å². The van der Waals surface area contributed by atoms with Crippen molar-refractivity contribution in [3.8, 4) is 0 Å². The fraction of sp³-hybridized carbons (Fsp3) is 0.435. The maximum Gasteiger partial charge on any atom is 0.244 e. The van der Waals surface area contributed by atoms with Crippen molar-refractivity contribution < 1.29 is 17.6 Å². The lowest BCUT2D eigenvalue weighted by Gasteiger charge is -2.20. The Balaban J connectivity index is 1.54. The monoisotopic (exact) mass is 447 g/mol. The molecule has 0 aromatic heterocycles. The third-order valence-electron chi connectivity index (χ3n) is 5.41. The van der Waals surface area contributed by atoms with E-state index in [0.29, 0.717) is 6.54 Å². The molecule has 2 N–H and O–H groups in total. The quantitative estimate of drug-likeness (QED) is 0.652. The zero-order chi connectivity index (χ0) is 22.3. The van der Waals surface area contributed by atoms with E-state index in [-0.39, 0.29) is 0 Å². The van der Waals surface area contributed by atoms with E-state index in [4.69, 9.17) is 0 Å². The summed E-state index contributed by atoms with van der Waals surface area (Å²) >= 11 is 0. The number of sulfonamides is 1. The van der Waals surface area contributed by atoms with E-state index in [0.717, 1.165) is 37.3 Å². The van der Waals surface area contributed by atoms with Gasteiger partial charge in [-0.15, -0.1) is 0 Å². The average Bonchev–Trinajstić information content (AvgIpc) is 3.01. The van der Waals surface area contributed by atoms with Gasteiger partial charge in [0, 0.05) is 13.1 Å². The highest BCUT2D eigenvalue weighted by Crippen LogP contribution is 2.15. The van der Waals surface area contributed by atoms with E-state index >= 15 is 0 Å². The number of carbonyl (C=O) groups is 1. The minimum atomic E-state index is -4.14. The molecule has 6 nitrogen and oxygen atoms in total. The van der Waals surface area contributed by atoms with Crippen LogP contribution in [0.2, 0.25) is 0 Å². The Morgan fingerprint density at radius 1 is 1.03 bits per heavy atom. The molecule has 31 heavy (non-hydrogen) atoms. The Kier molecular flexibility index (Phi) is 8.17. The van der Waals surface area contributed by atoms with Gasteiger partial charge in [-0.05, 0) is 56.1 Å². The molecule has 0 unspecified atom stereocenters. The van der Waals surface area contributed by atoms with Crippen LogP contribution in [0.3, 0.4) is 0 Å². The third-order valence-corrected chi connectivity index (χ3v) is 6.99. The molecule has 0 radical (unpaired) electrons. The molecule has 1 heterocycles. The van der Waals surface area contributed by atoms with E-state index in [1.165, 1.54) is 50.3 Å². The Bertz CT molecular complexity index is 989. The maximum absolute atomic E-state index is 13.8. The Hall–Kier alpha value is -2.29. The second kappa shape index (κ2) is 10.8. The summed E-state index contributed by atoms with van der Waals surface area (Å²) in [5.74, 6) is -1.33. The summed E-state index contributed by atoms with van der Waals surface area (Å²) in [6, 6.07) is 12.1. The molecule has 3 rings (SSSR count). The van der Waals surface area contributed by atoms with E-state index in [1.54, 1.807) is 0 Å². The molecule has 2 aromatic carbocycles. The summed E-state index contributed by atoms with van der Waals surface area (Å²) in [5, 5.41) is 2.76. The van der Waals surface area contributed by atoms with Crippen LogP contribution in [-0.2, 0) is 27.9 Å². The summed E-state index contributed by atoms with van der Waals surface area (Å²) < 4.78 is 40.8. The molecule has 1 fully saturated rings. The van der Waals surface area contributed by atoms with Gasteiger partial charge in [0.1, 0.15) is 10.7 Å². The van der Waals surface area contributed by atoms with Crippen molar-refractivity contribution in [3.63, 3.8) is 0 Å². The summed E-state index contributed by atoms with van der Waals surface area (Å²) in [5.41, 5.74) is 2.15. The van der Waals surface area contributed by atoms with Crippen LogP contribution in [-0.4, -0.2) is 38.4 Å². The fourth-order valence-corrected chi connectivity index (χ4v) is 5.03. The van der Waals surface area contributed by atoms with Crippen molar-refractivity contribution >= 4 is 15.9 Å². The van der Waals surface area contributed by atoms with E-state index in [2.05, 4.69) is 27.1 Å². The lowest BCUT2D eigenvalue weighted by molar-refractivity contribution is -0.122. The first-order valence-corrected chi connectivity index (χ1v) is 12.2. The van der Waals surface area contributed by atoms with Gasteiger partial charge in [-0.2, -0.15) is 4.72 Å². The van der Waals surface area contributed by atoms with Crippen molar-refractivity contribution in [3.05, 3.63) is 65.5 Å².